The summed E-state index contributed by atoms with van der Waals surface area (Å²) in [6.07, 6.45) is 3.25. The van der Waals surface area contributed by atoms with Gasteiger partial charge in [0.1, 0.15) is 5.75 Å². The SMILES string of the molecule is CCOc1ccc2nc(NC(=O)c3csc4c3CCC(C)C4)sc2c1. The molecule has 0 aliphatic heterocycles. The lowest BCUT2D eigenvalue weighted by Crippen LogP contribution is -2.16. The van der Waals surface area contributed by atoms with Gasteiger partial charge in [-0.2, -0.15) is 0 Å². The molecule has 2 heterocycles. The van der Waals surface area contributed by atoms with Crippen molar-refractivity contribution in [3.63, 3.8) is 0 Å². The molecule has 0 bridgehead atoms. The van der Waals surface area contributed by atoms with E-state index in [9.17, 15) is 4.79 Å². The third-order valence-corrected chi connectivity index (χ3v) is 6.52. The third-order valence-electron chi connectivity index (χ3n) is 4.54. The first-order chi connectivity index (χ1) is 12.1. The lowest BCUT2D eigenvalue weighted by molar-refractivity contribution is 0.102. The first-order valence-corrected chi connectivity index (χ1v) is 10.3. The summed E-state index contributed by atoms with van der Waals surface area (Å²) in [5.74, 6) is 1.50. The zero-order chi connectivity index (χ0) is 17.4. The van der Waals surface area contributed by atoms with Gasteiger partial charge in [-0.3, -0.25) is 10.1 Å². The Morgan fingerprint density at radius 3 is 3.16 bits per heavy atom. The molecule has 3 aromatic rings. The smallest absolute Gasteiger partial charge is 0.258 e. The third kappa shape index (κ3) is 3.28. The molecule has 0 saturated heterocycles. The predicted molar refractivity (Wildman–Crippen MR) is 104 cm³/mol. The fourth-order valence-electron chi connectivity index (χ4n) is 3.25. The zero-order valence-corrected chi connectivity index (χ0v) is 15.9. The number of hydrogen-bond acceptors (Lipinski definition) is 5. The lowest BCUT2D eigenvalue weighted by atomic mass is 9.88. The van der Waals surface area contributed by atoms with Crippen LogP contribution in [0.2, 0.25) is 0 Å². The lowest BCUT2D eigenvalue weighted by Gasteiger charge is -2.18. The van der Waals surface area contributed by atoms with Gasteiger partial charge in [0.25, 0.3) is 5.91 Å². The summed E-state index contributed by atoms with van der Waals surface area (Å²) in [4.78, 5) is 18.6. The monoisotopic (exact) mass is 372 g/mol. The number of carbonyl (C=O) groups excluding carboxylic acids is 1. The number of hydrogen-bond donors (Lipinski definition) is 1. The van der Waals surface area contributed by atoms with Crippen molar-refractivity contribution in [1.82, 2.24) is 4.98 Å². The number of aromatic nitrogens is 1. The van der Waals surface area contributed by atoms with E-state index >= 15 is 0 Å². The van der Waals surface area contributed by atoms with E-state index in [1.807, 2.05) is 30.5 Å². The minimum absolute atomic E-state index is 0.0452. The van der Waals surface area contributed by atoms with E-state index in [-0.39, 0.29) is 5.91 Å². The molecule has 0 spiro atoms. The normalized spacial score (nSPS) is 16.6. The van der Waals surface area contributed by atoms with Crippen molar-refractivity contribution in [2.45, 2.75) is 33.1 Å². The number of amides is 1. The molecule has 6 heteroatoms. The number of rotatable bonds is 4. The molecule has 1 unspecified atom stereocenters. The molecular weight excluding hydrogens is 352 g/mol. The van der Waals surface area contributed by atoms with Crippen LogP contribution in [0.4, 0.5) is 5.13 Å². The maximum absolute atomic E-state index is 12.7. The van der Waals surface area contributed by atoms with Gasteiger partial charge in [-0.15, -0.1) is 11.3 Å². The van der Waals surface area contributed by atoms with Crippen molar-refractivity contribution in [2.24, 2.45) is 5.92 Å². The van der Waals surface area contributed by atoms with Crippen LogP contribution in [0, 0.1) is 5.92 Å². The van der Waals surface area contributed by atoms with Gasteiger partial charge in [0, 0.05) is 10.3 Å². The standard InChI is InChI=1S/C19H20N2O2S2/c1-3-23-12-5-7-15-17(9-12)25-19(20-15)21-18(22)14-10-24-16-8-11(2)4-6-13(14)16/h5,7,9-11H,3-4,6,8H2,1-2H3,(H,20,21,22). The van der Waals surface area contributed by atoms with Crippen LogP contribution < -0.4 is 10.1 Å². The van der Waals surface area contributed by atoms with Crippen molar-refractivity contribution in [2.75, 3.05) is 11.9 Å². The van der Waals surface area contributed by atoms with Gasteiger partial charge in [0.15, 0.2) is 5.13 Å². The van der Waals surface area contributed by atoms with Crippen LogP contribution in [0.3, 0.4) is 0 Å². The highest BCUT2D eigenvalue weighted by Gasteiger charge is 2.23. The highest BCUT2D eigenvalue weighted by Crippen LogP contribution is 2.34. The van der Waals surface area contributed by atoms with Gasteiger partial charge in [0.2, 0.25) is 0 Å². The number of thiophene rings is 1. The number of benzene rings is 1. The van der Waals surface area contributed by atoms with Gasteiger partial charge in [0.05, 0.1) is 22.4 Å². The quantitative estimate of drug-likeness (QED) is 0.690. The molecule has 4 nitrogen and oxygen atoms in total. The zero-order valence-electron chi connectivity index (χ0n) is 14.3. The van der Waals surface area contributed by atoms with Crippen LogP contribution >= 0.6 is 22.7 Å². The van der Waals surface area contributed by atoms with Gasteiger partial charge in [-0.05, 0) is 55.9 Å². The second kappa shape index (κ2) is 6.77. The summed E-state index contributed by atoms with van der Waals surface area (Å²) in [5.41, 5.74) is 2.94. The molecule has 0 fully saturated rings. The minimum atomic E-state index is -0.0452. The Morgan fingerprint density at radius 1 is 1.44 bits per heavy atom. The van der Waals surface area contributed by atoms with Crippen molar-refractivity contribution in [3.05, 3.63) is 39.6 Å². The fraction of sp³-hybridized carbons (Fsp3) is 0.368. The average Bonchev–Trinajstić information content (AvgIpc) is 3.17. The molecule has 1 amide bonds. The van der Waals surface area contributed by atoms with E-state index in [4.69, 9.17) is 4.74 Å². The molecule has 130 valence electrons. The predicted octanol–water partition coefficient (Wildman–Crippen LogP) is 5.13. The molecule has 2 aromatic heterocycles. The van der Waals surface area contributed by atoms with E-state index in [0.29, 0.717) is 17.7 Å². The van der Waals surface area contributed by atoms with Crippen molar-refractivity contribution in [3.8, 4) is 5.75 Å². The molecule has 0 radical (unpaired) electrons. The molecule has 25 heavy (non-hydrogen) atoms. The van der Waals surface area contributed by atoms with Crippen LogP contribution in [0.5, 0.6) is 5.75 Å². The Kier molecular flexibility index (Phi) is 4.48. The van der Waals surface area contributed by atoms with E-state index in [2.05, 4.69) is 17.2 Å². The summed E-state index contributed by atoms with van der Waals surface area (Å²) in [5, 5.41) is 5.62. The molecule has 1 atom stereocenters. The Bertz CT molecular complexity index is 929. The average molecular weight is 373 g/mol. The minimum Gasteiger partial charge on any atom is -0.494 e. The van der Waals surface area contributed by atoms with E-state index in [0.717, 1.165) is 40.8 Å². The van der Waals surface area contributed by atoms with Crippen molar-refractivity contribution >= 4 is 43.9 Å². The second-order valence-corrected chi connectivity index (χ2v) is 8.43. The molecule has 1 N–H and O–H groups in total. The number of nitrogens with one attached hydrogen (secondary N) is 1. The van der Waals surface area contributed by atoms with Gasteiger partial charge < -0.3 is 4.74 Å². The second-order valence-electron chi connectivity index (χ2n) is 6.43. The summed E-state index contributed by atoms with van der Waals surface area (Å²) in [7, 11) is 0. The molecule has 4 rings (SSSR count). The van der Waals surface area contributed by atoms with E-state index < -0.39 is 0 Å². The summed E-state index contributed by atoms with van der Waals surface area (Å²) in [6, 6.07) is 5.81. The number of carbonyl (C=O) groups is 1. The topological polar surface area (TPSA) is 51.2 Å². The Hall–Kier alpha value is -1.92. The van der Waals surface area contributed by atoms with Gasteiger partial charge >= 0.3 is 0 Å². The molecule has 1 aliphatic rings. The summed E-state index contributed by atoms with van der Waals surface area (Å²) in [6.45, 7) is 4.88. The first-order valence-electron chi connectivity index (χ1n) is 8.58. The number of anilines is 1. The number of fused-ring (bicyclic) bond motifs is 2. The maximum atomic E-state index is 12.7. The Balaban J connectivity index is 1.56. The molecule has 1 aliphatic carbocycles. The van der Waals surface area contributed by atoms with Gasteiger partial charge in [-0.1, -0.05) is 18.3 Å². The first kappa shape index (κ1) is 16.5. The highest BCUT2D eigenvalue weighted by atomic mass is 32.1. The Labute approximate surface area is 154 Å². The molecular formula is C19H20N2O2S2. The van der Waals surface area contributed by atoms with Crippen LogP contribution in [0.15, 0.2) is 23.6 Å². The molecule has 0 saturated carbocycles. The van der Waals surface area contributed by atoms with Crippen molar-refractivity contribution in [1.29, 1.82) is 0 Å². The number of thiazole rings is 1. The number of ether oxygens (including phenoxy) is 1. The molecule has 1 aromatic carbocycles. The largest absolute Gasteiger partial charge is 0.494 e. The maximum Gasteiger partial charge on any atom is 0.258 e. The highest BCUT2D eigenvalue weighted by molar-refractivity contribution is 7.22. The Morgan fingerprint density at radius 2 is 2.32 bits per heavy atom. The van der Waals surface area contributed by atoms with Crippen LogP contribution in [-0.4, -0.2) is 17.5 Å². The summed E-state index contributed by atoms with van der Waals surface area (Å²) >= 11 is 3.19. The van der Waals surface area contributed by atoms with Crippen molar-refractivity contribution < 1.29 is 9.53 Å². The number of nitrogens with zero attached hydrogens (tertiary/aromatic N) is 1. The summed E-state index contributed by atoms with van der Waals surface area (Å²) < 4.78 is 6.54. The van der Waals surface area contributed by atoms with Crippen LogP contribution in [-0.2, 0) is 12.8 Å². The fourth-order valence-corrected chi connectivity index (χ4v) is 5.38. The van der Waals surface area contributed by atoms with Gasteiger partial charge in [-0.25, -0.2) is 4.98 Å². The van der Waals surface area contributed by atoms with Crippen LogP contribution in [0.1, 0.15) is 41.1 Å². The van der Waals surface area contributed by atoms with E-state index in [1.54, 1.807) is 11.3 Å². The van der Waals surface area contributed by atoms with Crippen LogP contribution in [0.25, 0.3) is 10.2 Å². The van der Waals surface area contributed by atoms with E-state index in [1.165, 1.54) is 21.8 Å².